The van der Waals surface area contributed by atoms with Crippen LogP contribution in [0.15, 0.2) is 35.9 Å². The molecule has 162 valence electrons. The van der Waals surface area contributed by atoms with Gasteiger partial charge in [-0.2, -0.15) is 0 Å². The summed E-state index contributed by atoms with van der Waals surface area (Å²) in [6.45, 7) is 5.55. The first kappa shape index (κ1) is 18.4. The van der Waals surface area contributed by atoms with Crippen LogP contribution in [0.1, 0.15) is 31.7 Å². The van der Waals surface area contributed by atoms with Crippen LogP contribution in [0.25, 0.3) is 0 Å². The van der Waals surface area contributed by atoms with E-state index in [4.69, 9.17) is 9.47 Å². The van der Waals surface area contributed by atoms with Crippen molar-refractivity contribution in [3.05, 3.63) is 41.5 Å². The first-order valence-corrected chi connectivity index (χ1v) is 11.8. The van der Waals surface area contributed by atoms with E-state index in [2.05, 4.69) is 35.2 Å². The maximum atomic E-state index is 13.5. The van der Waals surface area contributed by atoms with Gasteiger partial charge in [-0.15, -0.1) is 0 Å². The van der Waals surface area contributed by atoms with Crippen LogP contribution in [0, 0.1) is 11.8 Å². The lowest BCUT2D eigenvalue weighted by Crippen LogP contribution is -2.73. The van der Waals surface area contributed by atoms with Crippen molar-refractivity contribution in [1.82, 2.24) is 0 Å². The monoisotopic (exact) mass is 421 g/mol. The summed E-state index contributed by atoms with van der Waals surface area (Å²) in [4.78, 5) is 27.1. The molecule has 5 aliphatic heterocycles. The molecule has 1 amide bonds. The lowest BCUT2D eigenvalue weighted by Gasteiger charge is -2.60. The highest BCUT2D eigenvalue weighted by molar-refractivity contribution is 5.99. The van der Waals surface area contributed by atoms with Gasteiger partial charge in [-0.1, -0.05) is 24.3 Å². The summed E-state index contributed by atoms with van der Waals surface area (Å²) in [5.41, 5.74) is 4.02. The summed E-state index contributed by atoms with van der Waals surface area (Å²) < 4.78 is 12.8. The zero-order valence-electron chi connectivity index (χ0n) is 18.0. The molecule has 1 saturated carbocycles. The summed E-state index contributed by atoms with van der Waals surface area (Å²) >= 11 is 0. The van der Waals surface area contributed by atoms with Crippen molar-refractivity contribution < 1.29 is 23.5 Å². The van der Waals surface area contributed by atoms with Gasteiger partial charge in [0.15, 0.2) is 0 Å². The molecule has 6 heteroatoms. The Balaban J connectivity index is 1.43. The van der Waals surface area contributed by atoms with Gasteiger partial charge in [-0.3, -0.25) is 9.59 Å². The molecule has 0 aromatic heterocycles. The maximum absolute atomic E-state index is 13.5. The van der Waals surface area contributed by atoms with Crippen molar-refractivity contribution in [3.63, 3.8) is 0 Å². The van der Waals surface area contributed by atoms with Gasteiger partial charge in [0.05, 0.1) is 37.1 Å². The van der Waals surface area contributed by atoms with Crippen LogP contribution in [-0.2, 0) is 24.5 Å². The summed E-state index contributed by atoms with van der Waals surface area (Å²) in [6, 6.07) is 9.31. The predicted molar refractivity (Wildman–Crippen MR) is 113 cm³/mol. The molecule has 3 saturated heterocycles. The highest BCUT2D eigenvalue weighted by atomic mass is 16.5. The number of amides is 1. The van der Waals surface area contributed by atoms with E-state index in [-0.39, 0.29) is 29.4 Å². The van der Waals surface area contributed by atoms with Crippen LogP contribution < -0.4 is 4.90 Å². The van der Waals surface area contributed by atoms with E-state index in [1.165, 1.54) is 18.1 Å². The zero-order chi connectivity index (χ0) is 21.0. The first-order chi connectivity index (χ1) is 15.1. The molecule has 6 nitrogen and oxygen atoms in total. The normalized spacial score (nSPS) is 43.3. The zero-order valence-corrected chi connectivity index (χ0v) is 18.0. The van der Waals surface area contributed by atoms with Gasteiger partial charge in [0.2, 0.25) is 5.91 Å². The molecular weight excluding hydrogens is 392 g/mol. The second-order valence-corrected chi connectivity index (χ2v) is 10.5. The highest BCUT2D eigenvalue weighted by Crippen LogP contribution is 2.67. The number of carbonyl (C=O) groups excluding carboxylic acids is 2. The smallest absolute Gasteiger partial charge is 0.302 e. The third kappa shape index (κ3) is 2.11. The topological polar surface area (TPSA) is 55.8 Å². The minimum absolute atomic E-state index is 0.0124. The largest absolute Gasteiger partial charge is 0.460 e. The Kier molecular flexibility index (Phi) is 3.55. The maximum Gasteiger partial charge on any atom is 0.302 e. The number of ether oxygens (including phenoxy) is 2. The number of carbonyl (C=O) groups is 2. The lowest BCUT2D eigenvalue weighted by molar-refractivity contribution is -0.943. The summed E-state index contributed by atoms with van der Waals surface area (Å²) in [5, 5.41) is 0. The molecule has 1 aromatic rings. The van der Waals surface area contributed by atoms with Crippen molar-refractivity contribution in [2.45, 2.75) is 49.8 Å². The number of hydrogen-bond donors (Lipinski definition) is 0. The molecule has 0 radical (unpaired) electrons. The Labute approximate surface area is 182 Å². The number of rotatable bonds is 3. The minimum Gasteiger partial charge on any atom is -0.460 e. The third-order valence-electron chi connectivity index (χ3n) is 9.55. The van der Waals surface area contributed by atoms with E-state index in [1.807, 2.05) is 0 Å². The Morgan fingerprint density at radius 2 is 2.23 bits per heavy atom. The SMILES string of the molecule is CC(=O)OCC[N+]12CC[C@@]34c5ccccc5N5C(=O)C[C@@H]6OCC=C(C1)[C@H](C[C@@H]32)[C@@H]6[C@H]54. The van der Waals surface area contributed by atoms with Crippen LogP contribution in [0.2, 0.25) is 0 Å². The molecule has 7 atom stereocenters. The first-order valence-electron chi connectivity index (χ1n) is 11.8. The number of anilines is 1. The fourth-order valence-electron chi connectivity index (χ4n) is 8.67. The van der Waals surface area contributed by atoms with Crippen molar-refractivity contribution in [2.75, 3.05) is 37.7 Å². The Hall–Kier alpha value is -2.18. The van der Waals surface area contributed by atoms with Gasteiger partial charge >= 0.3 is 5.97 Å². The van der Waals surface area contributed by atoms with E-state index in [0.29, 0.717) is 37.5 Å². The molecule has 7 rings (SSSR count). The lowest BCUT2D eigenvalue weighted by atomic mass is 9.53. The fraction of sp³-hybridized carbons (Fsp3) is 0.600. The number of benzene rings is 1. The quantitative estimate of drug-likeness (QED) is 0.427. The number of hydrogen-bond acceptors (Lipinski definition) is 4. The molecule has 2 bridgehead atoms. The number of fused-ring (bicyclic) bond motifs is 2. The molecule has 1 unspecified atom stereocenters. The number of quaternary nitrogens is 1. The van der Waals surface area contributed by atoms with E-state index >= 15 is 0 Å². The molecule has 31 heavy (non-hydrogen) atoms. The molecule has 0 N–H and O–H groups in total. The van der Waals surface area contributed by atoms with Gasteiger partial charge in [0.25, 0.3) is 0 Å². The van der Waals surface area contributed by atoms with Crippen LogP contribution in [-0.4, -0.2) is 67.4 Å². The second-order valence-electron chi connectivity index (χ2n) is 10.5. The van der Waals surface area contributed by atoms with E-state index in [0.717, 1.165) is 42.6 Å². The predicted octanol–water partition coefficient (Wildman–Crippen LogP) is 2.17. The summed E-state index contributed by atoms with van der Waals surface area (Å²) in [5.74, 6) is 0.900. The number of para-hydroxylation sites is 1. The Morgan fingerprint density at radius 3 is 3.10 bits per heavy atom. The van der Waals surface area contributed by atoms with Gasteiger partial charge in [-0.25, -0.2) is 0 Å². The summed E-state index contributed by atoms with van der Waals surface area (Å²) in [6.07, 6.45) is 5.09. The van der Waals surface area contributed by atoms with Crippen LogP contribution in [0.3, 0.4) is 0 Å². The average Bonchev–Trinajstić information content (AvgIpc) is 3.18. The highest BCUT2D eigenvalue weighted by Gasteiger charge is 2.75. The third-order valence-corrected chi connectivity index (χ3v) is 9.55. The molecule has 1 aliphatic carbocycles. The minimum atomic E-state index is -0.203. The van der Waals surface area contributed by atoms with Gasteiger partial charge in [0.1, 0.15) is 25.7 Å². The van der Waals surface area contributed by atoms with Crippen LogP contribution >= 0.6 is 0 Å². The fourth-order valence-corrected chi connectivity index (χ4v) is 8.67. The Morgan fingerprint density at radius 1 is 1.35 bits per heavy atom. The van der Waals surface area contributed by atoms with Gasteiger partial charge in [-0.05, 0) is 23.1 Å². The Bertz CT molecular complexity index is 1040. The molecule has 5 heterocycles. The molecular formula is C25H29N2O4+. The van der Waals surface area contributed by atoms with Crippen molar-refractivity contribution in [2.24, 2.45) is 11.8 Å². The average molecular weight is 422 g/mol. The number of esters is 1. The van der Waals surface area contributed by atoms with Crippen molar-refractivity contribution in [3.8, 4) is 0 Å². The van der Waals surface area contributed by atoms with E-state index in [1.54, 1.807) is 0 Å². The molecule has 6 aliphatic rings. The van der Waals surface area contributed by atoms with Crippen LogP contribution in [0.4, 0.5) is 5.69 Å². The second kappa shape index (κ2) is 5.99. The van der Waals surface area contributed by atoms with E-state index in [9.17, 15) is 9.59 Å². The molecule has 1 aromatic carbocycles. The molecule has 4 fully saturated rings. The van der Waals surface area contributed by atoms with Crippen molar-refractivity contribution >= 4 is 17.6 Å². The summed E-state index contributed by atoms with van der Waals surface area (Å²) in [7, 11) is 0. The van der Waals surface area contributed by atoms with Gasteiger partial charge < -0.3 is 18.9 Å². The number of piperidine rings is 2. The number of nitrogens with zero attached hydrogens (tertiary/aromatic N) is 2. The standard InChI is InChI=1S/C25H29N2O4/c1-15(28)30-11-9-27-8-7-25-18-4-2-3-5-19(18)26-22(29)13-20-23(24(25)26)17(12-21(25)27)16(14-27)6-10-31-20/h2-6,17,20-21,23-24H,7-14H2,1H3/q+1/t17-,20-,21-,23-,24-,25+,27?/m0/s1. The van der Waals surface area contributed by atoms with Crippen LogP contribution in [0.5, 0.6) is 0 Å². The molecule has 1 spiro atoms. The van der Waals surface area contributed by atoms with Crippen molar-refractivity contribution in [1.29, 1.82) is 0 Å². The van der Waals surface area contributed by atoms with Gasteiger partial charge in [0, 0.05) is 31.4 Å². The van der Waals surface area contributed by atoms with E-state index < -0.39 is 0 Å².